The van der Waals surface area contributed by atoms with Gasteiger partial charge in [-0.05, 0) is 29.8 Å². The van der Waals surface area contributed by atoms with Gasteiger partial charge in [0.05, 0.1) is 13.2 Å². The Morgan fingerprint density at radius 3 is 2.73 bits per heavy atom. The maximum absolute atomic E-state index is 13.0. The summed E-state index contributed by atoms with van der Waals surface area (Å²) < 4.78 is 24.6. The zero-order valence-corrected chi connectivity index (χ0v) is 11.9. The Kier molecular flexibility index (Phi) is 3.27. The second-order valence-corrected chi connectivity index (χ2v) is 5.32. The Morgan fingerprint density at radius 2 is 1.91 bits per heavy atom. The van der Waals surface area contributed by atoms with Crippen LogP contribution in [0.15, 0.2) is 52.9 Å². The monoisotopic (exact) mass is 298 g/mol. The number of nitrogens with zero attached hydrogens (tertiary/aromatic N) is 2. The molecule has 22 heavy (non-hydrogen) atoms. The van der Waals surface area contributed by atoms with Gasteiger partial charge in [0.15, 0.2) is 5.58 Å². The van der Waals surface area contributed by atoms with E-state index in [-0.39, 0.29) is 11.9 Å². The van der Waals surface area contributed by atoms with Gasteiger partial charge in [-0.3, -0.25) is 0 Å². The summed E-state index contributed by atoms with van der Waals surface area (Å²) in [7, 11) is 0. The third-order valence-electron chi connectivity index (χ3n) is 3.86. The van der Waals surface area contributed by atoms with E-state index in [1.807, 2.05) is 24.3 Å². The van der Waals surface area contributed by atoms with Crippen LogP contribution in [0.5, 0.6) is 0 Å². The first kappa shape index (κ1) is 13.3. The Bertz CT molecular complexity index is 752. The molecule has 0 N–H and O–H groups in total. The lowest BCUT2D eigenvalue weighted by atomic mass is 10.1. The van der Waals surface area contributed by atoms with Crippen molar-refractivity contribution in [3.8, 4) is 0 Å². The highest BCUT2D eigenvalue weighted by Gasteiger charge is 2.25. The number of hydrogen-bond acceptors (Lipinski definition) is 4. The van der Waals surface area contributed by atoms with Gasteiger partial charge in [-0.25, -0.2) is 4.39 Å². The van der Waals surface area contributed by atoms with Crippen LogP contribution in [0.3, 0.4) is 0 Å². The molecule has 4 nitrogen and oxygen atoms in total. The number of oxazole rings is 1. The van der Waals surface area contributed by atoms with Crippen molar-refractivity contribution in [2.45, 2.75) is 6.10 Å². The van der Waals surface area contributed by atoms with Crippen molar-refractivity contribution in [3.63, 3.8) is 0 Å². The Morgan fingerprint density at radius 1 is 1.09 bits per heavy atom. The van der Waals surface area contributed by atoms with Crippen molar-refractivity contribution in [2.75, 3.05) is 24.6 Å². The van der Waals surface area contributed by atoms with Crippen molar-refractivity contribution in [3.05, 3.63) is 59.9 Å². The van der Waals surface area contributed by atoms with Gasteiger partial charge < -0.3 is 14.1 Å². The van der Waals surface area contributed by atoms with Crippen LogP contribution in [-0.4, -0.2) is 24.7 Å². The number of fused-ring (bicyclic) bond motifs is 1. The van der Waals surface area contributed by atoms with Crippen LogP contribution in [0.2, 0.25) is 0 Å². The lowest BCUT2D eigenvalue weighted by Gasteiger charge is -2.32. The van der Waals surface area contributed by atoms with E-state index < -0.39 is 0 Å². The molecule has 112 valence electrons. The molecule has 4 rings (SSSR count). The predicted octanol–water partition coefficient (Wildman–Crippen LogP) is 3.54. The number of halogens is 1. The predicted molar refractivity (Wildman–Crippen MR) is 81.3 cm³/mol. The third kappa shape index (κ3) is 2.44. The van der Waals surface area contributed by atoms with Gasteiger partial charge in [-0.15, -0.1) is 0 Å². The molecule has 0 amide bonds. The number of para-hydroxylation sites is 2. The number of benzene rings is 2. The molecule has 0 bridgehead atoms. The molecule has 1 saturated heterocycles. The molecular weight excluding hydrogens is 283 g/mol. The molecule has 3 aromatic rings. The first-order chi connectivity index (χ1) is 10.8. The van der Waals surface area contributed by atoms with E-state index in [9.17, 15) is 4.39 Å². The Balaban J connectivity index is 1.58. The normalized spacial score (nSPS) is 18.8. The fraction of sp³-hybridized carbons (Fsp3) is 0.235. The summed E-state index contributed by atoms with van der Waals surface area (Å²) in [4.78, 5) is 6.59. The maximum atomic E-state index is 13.0. The minimum absolute atomic E-state index is 0.107. The zero-order chi connectivity index (χ0) is 14.9. The molecule has 0 unspecified atom stereocenters. The summed E-state index contributed by atoms with van der Waals surface area (Å²) in [6.45, 7) is 1.95. The van der Waals surface area contributed by atoms with E-state index in [2.05, 4.69) is 9.88 Å². The first-order valence-electron chi connectivity index (χ1n) is 7.27. The highest BCUT2D eigenvalue weighted by atomic mass is 19.1. The number of hydrogen-bond donors (Lipinski definition) is 0. The number of ether oxygens (including phenoxy) is 1. The SMILES string of the molecule is Fc1ccc([C@@H]2CN(c3nc4ccccc4o3)CCO2)cc1. The minimum Gasteiger partial charge on any atom is -0.423 e. The van der Waals surface area contributed by atoms with Crippen LogP contribution in [0.25, 0.3) is 11.1 Å². The number of rotatable bonds is 2. The summed E-state index contributed by atoms with van der Waals surface area (Å²) in [5.74, 6) is -0.240. The number of aromatic nitrogens is 1. The lowest BCUT2D eigenvalue weighted by Crippen LogP contribution is -2.38. The van der Waals surface area contributed by atoms with E-state index in [1.165, 1.54) is 12.1 Å². The van der Waals surface area contributed by atoms with Gasteiger partial charge in [-0.1, -0.05) is 24.3 Å². The molecule has 2 aromatic carbocycles. The molecule has 5 heteroatoms. The van der Waals surface area contributed by atoms with Crippen molar-refractivity contribution < 1.29 is 13.5 Å². The average molecular weight is 298 g/mol. The molecule has 1 aliphatic rings. The molecule has 1 fully saturated rings. The van der Waals surface area contributed by atoms with Crippen LogP contribution in [-0.2, 0) is 4.74 Å². The summed E-state index contributed by atoms with van der Waals surface area (Å²) in [5, 5.41) is 0. The quantitative estimate of drug-likeness (QED) is 0.725. The van der Waals surface area contributed by atoms with Crippen LogP contribution in [0, 0.1) is 5.82 Å². The molecule has 1 atom stereocenters. The average Bonchev–Trinajstić information content (AvgIpc) is 3.00. The maximum Gasteiger partial charge on any atom is 0.298 e. The second-order valence-electron chi connectivity index (χ2n) is 5.32. The molecule has 0 radical (unpaired) electrons. The van der Waals surface area contributed by atoms with Gasteiger partial charge >= 0.3 is 0 Å². The van der Waals surface area contributed by atoms with E-state index in [0.717, 1.165) is 23.2 Å². The minimum atomic E-state index is -0.240. The summed E-state index contributed by atoms with van der Waals surface area (Å²) >= 11 is 0. The van der Waals surface area contributed by atoms with Gasteiger partial charge in [0, 0.05) is 6.54 Å². The fourth-order valence-electron chi connectivity index (χ4n) is 2.70. The summed E-state index contributed by atoms with van der Waals surface area (Å²) in [6.07, 6.45) is -0.107. The Labute approximate surface area is 127 Å². The van der Waals surface area contributed by atoms with Crippen molar-refractivity contribution in [2.24, 2.45) is 0 Å². The molecule has 1 aliphatic heterocycles. The van der Waals surface area contributed by atoms with Crippen LogP contribution < -0.4 is 4.90 Å². The molecule has 0 aliphatic carbocycles. The van der Waals surface area contributed by atoms with E-state index in [0.29, 0.717) is 19.2 Å². The highest BCUT2D eigenvalue weighted by Crippen LogP contribution is 2.28. The topological polar surface area (TPSA) is 38.5 Å². The lowest BCUT2D eigenvalue weighted by molar-refractivity contribution is 0.0381. The summed E-state index contributed by atoms with van der Waals surface area (Å²) in [5.41, 5.74) is 2.59. The third-order valence-corrected chi connectivity index (χ3v) is 3.86. The van der Waals surface area contributed by atoms with Crippen LogP contribution in [0.1, 0.15) is 11.7 Å². The van der Waals surface area contributed by atoms with Crippen molar-refractivity contribution in [1.29, 1.82) is 0 Å². The zero-order valence-electron chi connectivity index (χ0n) is 11.9. The standard InChI is InChI=1S/C17H15FN2O2/c18-13-7-5-12(6-8-13)16-11-20(9-10-21-16)17-19-14-3-1-2-4-15(14)22-17/h1-8,16H,9-11H2/t16-/m0/s1. The fourth-order valence-corrected chi connectivity index (χ4v) is 2.70. The molecule has 1 aromatic heterocycles. The van der Waals surface area contributed by atoms with Crippen molar-refractivity contribution in [1.82, 2.24) is 4.98 Å². The largest absolute Gasteiger partial charge is 0.423 e. The molecule has 0 saturated carbocycles. The number of anilines is 1. The smallest absolute Gasteiger partial charge is 0.298 e. The van der Waals surface area contributed by atoms with Crippen molar-refractivity contribution >= 4 is 17.1 Å². The highest BCUT2D eigenvalue weighted by molar-refractivity contribution is 5.74. The van der Waals surface area contributed by atoms with Gasteiger partial charge in [0.2, 0.25) is 0 Å². The first-order valence-corrected chi connectivity index (χ1v) is 7.27. The molecule has 0 spiro atoms. The van der Waals surface area contributed by atoms with E-state index >= 15 is 0 Å². The van der Waals surface area contributed by atoms with Gasteiger partial charge in [0.25, 0.3) is 6.01 Å². The summed E-state index contributed by atoms with van der Waals surface area (Å²) in [6, 6.07) is 14.7. The van der Waals surface area contributed by atoms with E-state index in [4.69, 9.17) is 9.15 Å². The Hall–Kier alpha value is -2.40. The second kappa shape index (κ2) is 5.42. The van der Waals surface area contributed by atoms with Gasteiger partial charge in [-0.2, -0.15) is 4.98 Å². The number of morpholine rings is 1. The van der Waals surface area contributed by atoms with Crippen LogP contribution >= 0.6 is 0 Å². The van der Waals surface area contributed by atoms with E-state index in [1.54, 1.807) is 12.1 Å². The van der Waals surface area contributed by atoms with Crippen LogP contribution in [0.4, 0.5) is 10.4 Å². The van der Waals surface area contributed by atoms with Gasteiger partial charge in [0.1, 0.15) is 17.4 Å². The molecule has 2 heterocycles. The molecular formula is C17H15FN2O2.